The van der Waals surface area contributed by atoms with Gasteiger partial charge in [-0.1, -0.05) is 0 Å². The third kappa shape index (κ3) is 3.14. The molecule has 0 spiro atoms. The Morgan fingerprint density at radius 1 is 1.73 bits per heavy atom. The minimum Gasteiger partial charge on any atom is -0.388 e. The van der Waals surface area contributed by atoms with E-state index in [0.717, 1.165) is 24.3 Å². The zero-order valence-corrected chi connectivity index (χ0v) is 7.43. The van der Waals surface area contributed by atoms with Crippen molar-refractivity contribution in [2.75, 3.05) is 0 Å². The second kappa shape index (κ2) is 4.65. The summed E-state index contributed by atoms with van der Waals surface area (Å²) in [7, 11) is 0. The molecular formula is C10H11NO4. The van der Waals surface area contributed by atoms with Crippen molar-refractivity contribution in [3.05, 3.63) is 39.9 Å². The quantitative estimate of drug-likeness (QED) is 0.611. The molecular weight excluding hydrogens is 198 g/mol. The van der Waals surface area contributed by atoms with Gasteiger partial charge in [-0.25, -0.2) is 0 Å². The molecule has 0 aliphatic rings. The van der Waals surface area contributed by atoms with E-state index < -0.39 is 35.6 Å². The maximum atomic E-state index is 11.6. The van der Waals surface area contributed by atoms with Crippen LogP contribution in [0, 0.1) is 10.1 Å². The predicted octanol–water partition coefficient (Wildman–Crippen LogP) is 1.61. The molecule has 0 aliphatic heterocycles. The van der Waals surface area contributed by atoms with Crippen LogP contribution >= 0.6 is 0 Å². The van der Waals surface area contributed by atoms with Gasteiger partial charge >= 0.3 is 0 Å². The highest BCUT2D eigenvalue weighted by atomic mass is 16.6. The lowest BCUT2D eigenvalue weighted by atomic mass is 10.0. The number of nitrogens with zero attached hydrogens (tertiary/aromatic N) is 1. The summed E-state index contributed by atoms with van der Waals surface area (Å²) in [4.78, 5) is 21.3. The predicted molar refractivity (Wildman–Crippen MR) is 53.4 cm³/mol. The summed E-state index contributed by atoms with van der Waals surface area (Å²) in [6, 6.07) is 3.58. The maximum absolute atomic E-state index is 11.6. The van der Waals surface area contributed by atoms with E-state index in [1.54, 1.807) is 0 Å². The SMILES string of the molecule is [2H]C([2H])([2H])C(=O)C([2H])([2H])C([2H])(O)c1ccc([N+](=O)[O-])cc1. The molecule has 15 heavy (non-hydrogen) atoms. The highest BCUT2D eigenvalue weighted by molar-refractivity contribution is 5.76. The molecule has 1 N–H and O–H groups in total. The number of Topliss-reactive ketones (excluding diaryl/α,β-unsaturated/α-hetero) is 1. The first-order valence-corrected chi connectivity index (χ1v) is 3.84. The zero-order valence-electron chi connectivity index (χ0n) is 13.4. The van der Waals surface area contributed by atoms with Gasteiger partial charge in [0.25, 0.3) is 5.69 Å². The van der Waals surface area contributed by atoms with E-state index in [9.17, 15) is 20.0 Å². The summed E-state index contributed by atoms with van der Waals surface area (Å²) in [6.45, 7) is -3.33. The van der Waals surface area contributed by atoms with Crippen molar-refractivity contribution in [1.29, 1.82) is 0 Å². The molecule has 0 aliphatic carbocycles. The van der Waals surface area contributed by atoms with Crippen molar-refractivity contribution in [3.63, 3.8) is 0 Å². The standard InChI is InChI=1S/C10H11NO4/c1-7(12)6-10(13)8-2-4-9(5-3-8)11(14)15/h2-5,10,13H,6H2,1H3/i1D3,6D2,10D. The molecule has 1 aromatic carbocycles. The van der Waals surface area contributed by atoms with E-state index in [4.69, 9.17) is 8.22 Å². The number of ketones is 1. The fraction of sp³-hybridized carbons (Fsp3) is 0.300. The van der Waals surface area contributed by atoms with E-state index >= 15 is 0 Å². The van der Waals surface area contributed by atoms with Gasteiger partial charge in [0.05, 0.1) is 12.4 Å². The molecule has 1 unspecified atom stereocenters. The van der Waals surface area contributed by atoms with Gasteiger partial charge in [0.1, 0.15) is 5.78 Å². The van der Waals surface area contributed by atoms with Crippen LogP contribution in [-0.4, -0.2) is 15.8 Å². The summed E-state index contributed by atoms with van der Waals surface area (Å²) in [5.74, 6) is -1.93. The molecule has 0 heterocycles. The summed E-state index contributed by atoms with van der Waals surface area (Å²) in [5, 5.41) is 20.4. The molecule has 1 aromatic rings. The van der Waals surface area contributed by atoms with Crippen LogP contribution in [0.2, 0.25) is 0 Å². The van der Waals surface area contributed by atoms with Crippen molar-refractivity contribution in [2.24, 2.45) is 0 Å². The lowest BCUT2D eigenvalue weighted by molar-refractivity contribution is -0.384. The number of benzene rings is 1. The highest BCUT2D eigenvalue weighted by Crippen LogP contribution is 2.20. The summed E-state index contributed by atoms with van der Waals surface area (Å²) in [6.07, 6.45) is -6.62. The van der Waals surface area contributed by atoms with Crippen LogP contribution in [0.15, 0.2) is 24.3 Å². The van der Waals surface area contributed by atoms with E-state index in [1.165, 1.54) is 0 Å². The van der Waals surface area contributed by atoms with Crippen LogP contribution in [0.25, 0.3) is 0 Å². The number of non-ortho nitro benzene ring substituents is 1. The first-order chi connectivity index (χ1) is 9.31. The second-order valence-electron chi connectivity index (χ2n) is 2.61. The maximum Gasteiger partial charge on any atom is 0.269 e. The number of nitro groups is 1. The third-order valence-corrected chi connectivity index (χ3v) is 1.58. The number of rotatable bonds is 4. The lowest BCUT2D eigenvalue weighted by Gasteiger charge is -2.07. The van der Waals surface area contributed by atoms with Gasteiger partial charge in [-0.3, -0.25) is 14.9 Å². The second-order valence-corrected chi connectivity index (χ2v) is 2.61. The van der Waals surface area contributed by atoms with Crippen LogP contribution in [0.4, 0.5) is 5.69 Å². The molecule has 80 valence electrons. The number of carbonyl (C=O) groups is 1. The Morgan fingerprint density at radius 3 is 2.80 bits per heavy atom. The summed E-state index contributed by atoms with van der Waals surface area (Å²) in [5.41, 5.74) is -0.840. The van der Waals surface area contributed by atoms with Gasteiger partial charge in [0.15, 0.2) is 0 Å². The fourth-order valence-corrected chi connectivity index (χ4v) is 0.921. The van der Waals surface area contributed by atoms with E-state index in [0.29, 0.717) is 0 Å². The van der Waals surface area contributed by atoms with Gasteiger partial charge in [-0.2, -0.15) is 0 Å². The Labute approximate surface area is 94.9 Å². The van der Waals surface area contributed by atoms with Crippen molar-refractivity contribution < 1.29 is 23.0 Å². The fourth-order valence-electron chi connectivity index (χ4n) is 0.921. The minimum absolute atomic E-state index is 0.364. The molecule has 0 saturated heterocycles. The van der Waals surface area contributed by atoms with Crippen molar-refractivity contribution in [3.8, 4) is 0 Å². The Morgan fingerprint density at radius 2 is 2.33 bits per heavy atom. The molecule has 5 nitrogen and oxygen atoms in total. The molecule has 0 saturated carbocycles. The van der Waals surface area contributed by atoms with Crippen LogP contribution in [0.5, 0.6) is 0 Å². The van der Waals surface area contributed by atoms with Gasteiger partial charge < -0.3 is 5.11 Å². The molecule has 0 fully saturated rings. The van der Waals surface area contributed by atoms with Gasteiger partial charge in [-0.05, 0) is 24.5 Å². The number of nitro benzene ring substituents is 1. The van der Waals surface area contributed by atoms with Crippen LogP contribution < -0.4 is 0 Å². The first-order valence-electron chi connectivity index (χ1n) is 6.84. The average molecular weight is 215 g/mol. The van der Waals surface area contributed by atoms with Crippen LogP contribution in [0.1, 0.15) is 33.1 Å². The normalized spacial score (nSPS) is 21.9. The molecule has 0 bridgehead atoms. The Balaban J connectivity index is 3.26. The Kier molecular flexibility index (Phi) is 1.67. The molecule has 0 amide bonds. The third-order valence-electron chi connectivity index (χ3n) is 1.58. The average Bonchev–Trinajstić information content (AvgIpc) is 2.36. The molecule has 1 atom stereocenters. The van der Waals surface area contributed by atoms with E-state index in [1.807, 2.05) is 0 Å². The summed E-state index contributed by atoms with van der Waals surface area (Å²) < 4.78 is 43.2. The molecule has 0 radical (unpaired) electrons. The lowest BCUT2D eigenvalue weighted by Crippen LogP contribution is -2.03. The van der Waals surface area contributed by atoms with Crippen molar-refractivity contribution >= 4 is 11.5 Å². The minimum atomic E-state index is -3.42. The number of hydrogen-bond donors (Lipinski definition) is 1. The number of aliphatic hydroxyl groups is 1. The van der Waals surface area contributed by atoms with Gasteiger partial charge in [0, 0.05) is 25.4 Å². The van der Waals surface area contributed by atoms with E-state index in [-0.39, 0.29) is 5.69 Å². The van der Waals surface area contributed by atoms with E-state index in [2.05, 4.69) is 0 Å². The molecule has 1 rings (SSSR count). The monoisotopic (exact) mass is 215 g/mol. The van der Waals surface area contributed by atoms with Gasteiger partial charge in [-0.15, -0.1) is 0 Å². The van der Waals surface area contributed by atoms with Crippen LogP contribution in [-0.2, 0) is 4.79 Å². The van der Waals surface area contributed by atoms with Crippen molar-refractivity contribution in [2.45, 2.75) is 19.3 Å². The largest absolute Gasteiger partial charge is 0.388 e. The first kappa shape index (κ1) is 5.37. The number of carbonyl (C=O) groups excluding carboxylic acids is 1. The topological polar surface area (TPSA) is 80.4 Å². The van der Waals surface area contributed by atoms with Crippen molar-refractivity contribution in [1.82, 2.24) is 0 Å². The molecule has 5 heteroatoms. The number of hydrogen-bond acceptors (Lipinski definition) is 4. The van der Waals surface area contributed by atoms with Crippen LogP contribution in [0.3, 0.4) is 0 Å². The zero-order chi connectivity index (χ0) is 16.6. The summed E-state index contributed by atoms with van der Waals surface area (Å²) >= 11 is 0. The Bertz CT molecular complexity index is 566. The highest BCUT2D eigenvalue weighted by Gasteiger charge is 2.11. The molecule has 0 aromatic heterocycles. The van der Waals surface area contributed by atoms with Gasteiger partial charge in [0.2, 0.25) is 0 Å². The Hall–Kier alpha value is -1.75. The smallest absolute Gasteiger partial charge is 0.269 e.